The molecular weight excluding hydrogens is 206 g/mol. The molecule has 0 spiro atoms. The zero-order valence-corrected chi connectivity index (χ0v) is 9.56. The third kappa shape index (κ3) is 3.55. The second kappa shape index (κ2) is 6.12. The number of hydrogen-bond acceptors (Lipinski definition) is 3. The van der Waals surface area contributed by atoms with E-state index >= 15 is 0 Å². The molecule has 1 rings (SSSR count). The summed E-state index contributed by atoms with van der Waals surface area (Å²) in [6.07, 6.45) is -0.540. The Kier molecular flexibility index (Phi) is 4.79. The highest BCUT2D eigenvalue weighted by molar-refractivity contribution is 5.70. The van der Waals surface area contributed by atoms with E-state index in [1.807, 2.05) is 32.0 Å². The Bertz CT molecular complexity index is 350. The molecule has 0 aliphatic heterocycles. The van der Waals surface area contributed by atoms with Gasteiger partial charge in [0.1, 0.15) is 5.75 Å². The lowest BCUT2D eigenvalue weighted by Crippen LogP contribution is -2.29. The minimum atomic E-state index is -0.540. The number of para-hydroxylation sites is 1. The van der Waals surface area contributed by atoms with E-state index in [1.54, 1.807) is 6.07 Å². The topological polar surface area (TPSA) is 58.6 Å². The number of aliphatic hydroxyl groups is 1. The zero-order valence-electron chi connectivity index (χ0n) is 9.56. The van der Waals surface area contributed by atoms with Gasteiger partial charge < -0.3 is 15.2 Å². The molecule has 0 aliphatic rings. The molecule has 1 aromatic rings. The van der Waals surface area contributed by atoms with Gasteiger partial charge in [-0.3, -0.25) is 0 Å². The average Bonchev–Trinajstić information content (AvgIpc) is 2.27. The molecule has 0 aromatic heterocycles. The smallest absolute Gasteiger partial charge is 0.410 e. The van der Waals surface area contributed by atoms with Crippen molar-refractivity contribution in [1.82, 2.24) is 5.32 Å². The number of carbonyl (C=O) groups is 1. The van der Waals surface area contributed by atoms with Gasteiger partial charge in [0.2, 0.25) is 0 Å². The number of ether oxygens (including phenoxy) is 1. The second-order valence-electron chi connectivity index (χ2n) is 3.73. The van der Waals surface area contributed by atoms with Crippen LogP contribution in [0.3, 0.4) is 0 Å². The van der Waals surface area contributed by atoms with Crippen molar-refractivity contribution in [3.05, 3.63) is 29.8 Å². The lowest BCUT2D eigenvalue weighted by molar-refractivity contribution is 0.195. The molecule has 16 heavy (non-hydrogen) atoms. The molecule has 0 radical (unpaired) electrons. The number of amides is 1. The third-order valence-corrected chi connectivity index (χ3v) is 2.12. The van der Waals surface area contributed by atoms with E-state index in [4.69, 9.17) is 9.84 Å². The van der Waals surface area contributed by atoms with Crippen LogP contribution < -0.4 is 10.1 Å². The second-order valence-corrected chi connectivity index (χ2v) is 3.73. The lowest BCUT2D eigenvalue weighted by Gasteiger charge is -2.12. The molecule has 88 valence electrons. The molecule has 1 aromatic carbocycles. The van der Waals surface area contributed by atoms with E-state index < -0.39 is 6.09 Å². The lowest BCUT2D eigenvalue weighted by atomic mass is 10.0. The largest absolute Gasteiger partial charge is 0.412 e. The molecule has 0 atom stereocenters. The maximum absolute atomic E-state index is 11.3. The van der Waals surface area contributed by atoms with E-state index in [-0.39, 0.29) is 13.2 Å². The number of benzene rings is 1. The monoisotopic (exact) mass is 223 g/mol. The molecule has 0 heterocycles. The Morgan fingerprint density at radius 2 is 2.12 bits per heavy atom. The first-order valence-electron chi connectivity index (χ1n) is 5.30. The van der Waals surface area contributed by atoms with Crippen molar-refractivity contribution in [2.24, 2.45) is 0 Å². The van der Waals surface area contributed by atoms with Crippen LogP contribution in [-0.2, 0) is 0 Å². The molecular formula is C12H17NO3. The molecule has 4 heteroatoms. The highest BCUT2D eigenvalue weighted by Gasteiger charge is 2.10. The molecule has 1 amide bonds. The number of nitrogens with one attached hydrogen (secondary N) is 1. The van der Waals surface area contributed by atoms with Crippen LogP contribution >= 0.6 is 0 Å². The Balaban J connectivity index is 2.69. The van der Waals surface area contributed by atoms with Crippen LogP contribution in [0.5, 0.6) is 5.75 Å². The van der Waals surface area contributed by atoms with Crippen molar-refractivity contribution in [2.45, 2.75) is 19.8 Å². The van der Waals surface area contributed by atoms with E-state index in [1.165, 1.54) is 0 Å². The van der Waals surface area contributed by atoms with Gasteiger partial charge in [-0.05, 0) is 17.5 Å². The fourth-order valence-electron chi connectivity index (χ4n) is 1.34. The van der Waals surface area contributed by atoms with E-state index in [0.717, 1.165) is 5.56 Å². The predicted octanol–water partition coefficient (Wildman–Crippen LogP) is 1.89. The van der Waals surface area contributed by atoms with Crippen LogP contribution in [0.15, 0.2) is 24.3 Å². The first kappa shape index (κ1) is 12.5. The first-order chi connectivity index (χ1) is 7.65. The van der Waals surface area contributed by atoms with Crippen molar-refractivity contribution in [1.29, 1.82) is 0 Å². The van der Waals surface area contributed by atoms with Gasteiger partial charge in [0, 0.05) is 6.54 Å². The summed E-state index contributed by atoms with van der Waals surface area (Å²) in [6, 6.07) is 7.42. The molecule has 4 nitrogen and oxygen atoms in total. The van der Waals surface area contributed by atoms with Gasteiger partial charge in [-0.2, -0.15) is 0 Å². The van der Waals surface area contributed by atoms with Crippen LogP contribution in [0, 0.1) is 0 Å². The summed E-state index contributed by atoms with van der Waals surface area (Å²) in [5, 5.41) is 11.0. The van der Waals surface area contributed by atoms with Gasteiger partial charge in [-0.1, -0.05) is 32.0 Å². The molecule has 0 saturated carbocycles. The highest BCUT2D eigenvalue weighted by atomic mass is 16.6. The fourth-order valence-corrected chi connectivity index (χ4v) is 1.34. The molecule has 0 bridgehead atoms. The summed E-state index contributed by atoms with van der Waals surface area (Å²) < 4.78 is 5.15. The summed E-state index contributed by atoms with van der Waals surface area (Å²) in [4.78, 5) is 11.3. The Morgan fingerprint density at radius 3 is 2.75 bits per heavy atom. The van der Waals surface area contributed by atoms with Gasteiger partial charge in [0.15, 0.2) is 0 Å². The van der Waals surface area contributed by atoms with Crippen molar-refractivity contribution < 1.29 is 14.6 Å². The minimum Gasteiger partial charge on any atom is -0.410 e. The first-order valence-corrected chi connectivity index (χ1v) is 5.30. The van der Waals surface area contributed by atoms with Gasteiger partial charge in [-0.15, -0.1) is 0 Å². The minimum absolute atomic E-state index is 0.0963. The van der Waals surface area contributed by atoms with Crippen LogP contribution in [-0.4, -0.2) is 24.4 Å². The van der Waals surface area contributed by atoms with Gasteiger partial charge in [0.25, 0.3) is 0 Å². The van der Waals surface area contributed by atoms with E-state index in [9.17, 15) is 4.79 Å². The average molecular weight is 223 g/mol. The fraction of sp³-hybridized carbons (Fsp3) is 0.417. The molecule has 0 saturated heterocycles. The Labute approximate surface area is 95.2 Å². The highest BCUT2D eigenvalue weighted by Crippen LogP contribution is 2.25. The van der Waals surface area contributed by atoms with Gasteiger partial charge in [0.05, 0.1) is 6.61 Å². The van der Waals surface area contributed by atoms with Crippen molar-refractivity contribution >= 4 is 6.09 Å². The standard InChI is InChI=1S/C12H17NO3/c1-9(2)10-5-3-4-6-11(10)16-12(15)13-7-8-14/h3-6,9,14H,7-8H2,1-2H3,(H,13,15). The van der Waals surface area contributed by atoms with Crippen LogP contribution in [0.25, 0.3) is 0 Å². The molecule has 0 fully saturated rings. The quantitative estimate of drug-likeness (QED) is 0.819. The van der Waals surface area contributed by atoms with Crippen LogP contribution in [0.4, 0.5) is 4.79 Å². The summed E-state index contributed by atoms with van der Waals surface area (Å²) in [6.45, 7) is 4.17. The van der Waals surface area contributed by atoms with Crippen molar-refractivity contribution in [2.75, 3.05) is 13.2 Å². The van der Waals surface area contributed by atoms with Crippen LogP contribution in [0.2, 0.25) is 0 Å². The van der Waals surface area contributed by atoms with Gasteiger partial charge in [-0.25, -0.2) is 4.79 Å². The van der Waals surface area contributed by atoms with Crippen LogP contribution in [0.1, 0.15) is 25.3 Å². The maximum atomic E-state index is 11.3. The molecule has 0 aliphatic carbocycles. The molecule has 0 unspecified atom stereocenters. The summed E-state index contributed by atoms with van der Waals surface area (Å²) in [7, 11) is 0. The number of carbonyl (C=O) groups excluding carboxylic acids is 1. The normalized spacial score (nSPS) is 10.2. The maximum Gasteiger partial charge on any atom is 0.412 e. The summed E-state index contributed by atoms with van der Waals surface area (Å²) >= 11 is 0. The number of hydrogen-bond donors (Lipinski definition) is 2. The predicted molar refractivity (Wildman–Crippen MR) is 61.6 cm³/mol. The summed E-state index contributed by atoms with van der Waals surface area (Å²) in [5.41, 5.74) is 0.988. The van der Waals surface area contributed by atoms with Crippen molar-refractivity contribution in [3.8, 4) is 5.75 Å². The summed E-state index contributed by atoms with van der Waals surface area (Å²) in [5.74, 6) is 0.856. The number of rotatable bonds is 4. The van der Waals surface area contributed by atoms with Crippen molar-refractivity contribution in [3.63, 3.8) is 0 Å². The SMILES string of the molecule is CC(C)c1ccccc1OC(=O)NCCO. The molecule has 2 N–H and O–H groups in total. The van der Waals surface area contributed by atoms with E-state index in [2.05, 4.69) is 5.32 Å². The van der Waals surface area contributed by atoms with E-state index in [0.29, 0.717) is 11.7 Å². The Hall–Kier alpha value is -1.55. The Morgan fingerprint density at radius 1 is 1.44 bits per heavy atom. The zero-order chi connectivity index (χ0) is 12.0. The third-order valence-electron chi connectivity index (χ3n) is 2.12. The number of aliphatic hydroxyl groups excluding tert-OH is 1. The van der Waals surface area contributed by atoms with Gasteiger partial charge >= 0.3 is 6.09 Å².